The molecule has 0 aliphatic heterocycles. The number of nitrogens with two attached hydrogens (primary N) is 2. The Kier molecular flexibility index (Phi) is 5.27. The van der Waals surface area contributed by atoms with Crippen molar-refractivity contribution < 1.29 is 14.0 Å². The van der Waals surface area contributed by atoms with Gasteiger partial charge in [0.15, 0.2) is 5.96 Å². The summed E-state index contributed by atoms with van der Waals surface area (Å²) in [6, 6.07) is 10.2. The summed E-state index contributed by atoms with van der Waals surface area (Å²) in [4.78, 5) is 28.7. The van der Waals surface area contributed by atoms with Crippen LogP contribution in [0.25, 0.3) is 0 Å². The highest BCUT2D eigenvalue weighted by Gasteiger charge is 2.34. The lowest BCUT2D eigenvalue weighted by atomic mass is 10.1. The van der Waals surface area contributed by atoms with Crippen molar-refractivity contribution in [3.05, 3.63) is 64.4 Å². The molecule has 0 saturated heterocycles. The van der Waals surface area contributed by atoms with Crippen LogP contribution < -0.4 is 22.1 Å². The molecule has 7 nitrogen and oxygen atoms in total. The molecule has 0 radical (unpaired) electrons. The van der Waals surface area contributed by atoms with E-state index in [9.17, 15) is 14.0 Å². The Morgan fingerprint density at radius 3 is 2.59 bits per heavy atom. The minimum atomic E-state index is -0.940. The Bertz CT molecular complexity index is 930. The van der Waals surface area contributed by atoms with Crippen LogP contribution in [0.15, 0.2) is 47.5 Å². The van der Waals surface area contributed by atoms with Crippen molar-refractivity contribution in [2.45, 2.75) is 18.5 Å². The summed E-state index contributed by atoms with van der Waals surface area (Å²) in [5, 5.41) is 4.89. The monoisotopic (exact) mass is 389 g/mol. The SMILES string of the molecule is NC(N)=N[C@H]1Cc2ccccc2[C@@H]1NC(=O)C(=O)Nc1ccc(Cl)c(F)c1. The fraction of sp³-hybridized carbons (Fsp3) is 0.167. The van der Waals surface area contributed by atoms with Gasteiger partial charge in [-0.2, -0.15) is 0 Å². The van der Waals surface area contributed by atoms with Crippen molar-refractivity contribution in [3.63, 3.8) is 0 Å². The van der Waals surface area contributed by atoms with Gasteiger partial charge in [-0.1, -0.05) is 35.9 Å². The van der Waals surface area contributed by atoms with E-state index in [1.807, 2.05) is 24.3 Å². The zero-order valence-corrected chi connectivity index (χ0v) is 14.8. The quantitative estimate of drug-likeness (QED) is 0.360. The van der Waals surface area contributed by atoms with E-state index in [1.165, 1.54) is 12.1 Å². The molecule has 9 heteroatoms. The molecule has 0 saturated carbocycles. The summed E-state index contributed by atoms with van der Waals surface area (Å²) in [5.74, 6) is -2.63. The van der Waals surface area contributed by atoms with Gasteiger partial charge in [0.05, 0.1) is 17.1 Å². The zero-order valence-electron chi connectivity index (χ0n) is 14.1. The second-order valence-corrected chi connectivity index (χ2v) is 6.47. The van der Waals surface area contributed by atoms with Gasteiger partial charge in [0.25, 0.3) is 0 Å². The molecule has 0 unspecified atom stereocenters. The Morgan fingerprint density at radius 2 is 1.89 bits per heavy atom. The number of benzene rings is 2. The van der Waals surface area contributed by atoms with E-state index in [2.05, 4.69) is 15.6 Å². The molecule has 2 atom stereocenters. The molecule has 140 valence electrons. The minimum absolute atomic E-state index is 0.0833. The largest absolute Gasteiger partial charge is 0.370 e. The number of carbonyl (C=O) groups excluding carboxylic acids is 2. The third kappa shape index (κ3) is 4.17. The first-order valence-corrected chi connectivity index (χ1v) is 8.46. The van der Waals surface area contributed by atoms with Gasteiger partial charge in [0.2, 0.25) is 0 Å². The number of hydrogen-bond donors (Lipinski definition) is 4. The van der Waals surface area contributed by atoms with Crippen LogP contribution in [-0.2, 0) is 16.0 Å². The average molecular weight is 390 g/mol. The zero-order chi connectivity index (χ0) is 19.6. The molecular formula is C18H17ClFN5O2. The molecule has 0 fully saturated rings. The van der Waals surface area contributed by atoms with Gasteiger partial charge in [-0.3, -0.25) is 9.59 Å². The predicted molar refractivity (Wildman–Crippen MR) is 101 cm³/mol. The van der Waals surface area contributed by atoms with Crippen molar-refractivity contribution >= 4 is 35.1 Å². The first-order chi connectivity index (χ1) is 12.8. The van der Waals surface area contributed by atoms with Crippen LogP contribution in [0.5, 0.6) is 0 Å². The van der Waals surface area contributed by atoms with Gasteiger partial charge < -0.3 is 22.1 Å². The number of halogens is 2. The predicted octanol–water partition coefficient (Wildman–Crippen LogP) is 1.47. The Hall–Kier alpha value is -3.13. The van der Waals surface area contributed by atoms with Gasteiger partial charge in [-0.25, -0.2) is 9.38 Å². The molecular weight excluding hydrogens is 373 g/mol. The van der Waals surface area contributed by atoms with Crippen molar-refractivity contribution in [1.29, 1.82) is 0 Å². The second-order valence-electron chi connectivity index (χ2n) is 6.06. The highest BCUT2D eigenvalue weighted by molar-refractivity contribution is 6.39. The van der Waals surface area contributed by atoms with E-state index in [-0.39, 0.29) is 16.7 Å². The van der Waals surface area contributed by atoms with E-state index < -0.39 is 29.7 Å². The number of fused-ring (bicyclic) bond motifs is 1. The van der Waals surface area contributed by atoms with E-state index in [0.717, 1.165) is 17.2 Å². The standard InChI is InChI=1S/C18H17ClFN5O2/c19-12-6-5-10(8-13(12)20)23-16(26)17(27)25-15-11-4-2-1-3-9(11)7-14(15)24-18(21)22/h1-6,8,14-15H,7H2,(H,23,26)(H,25,27)(H4,21,22,24)/t14-,15-/m0/s1. The molecule has 2 aromatic rings. The third-order valence-corrected chi connectivity index (χ3v) is 4.50. The topological polar surface area (TPSA) is 123 Å². The van der Waals surface area contributed by atoms with Gasteiger partial charge >= 0.3 is 11.8 Å². The molecule has 1 aliphatic rings. The fourth-order valence-corrected chi connectivity index (χ4v) is 3.15. The normalized spacial score (nSPS) is 17.7. The fourth-order valence-electron chi connectivity index (χ4n) is 3.03. The number of anilines is 1. The Balaban J connectivity index is 1.75. The molecule has 0 spiro atoms. The van der Waals surface area contributed by atoms with E-state index in [1.54, 1.807) is 0 Å². The van der Waals surface area contributed by atoms with Crippen LogP contribution in [0.3, 0.4) is 0 Å². The summed E-state index contributed by atoms with van der Waals surface area (Å²) >= 11 is 5.60. The number of guanidine groups is 1. The number of aliphatic imine (C=N–C) groups is 1. The van der Waals surface area contributed by atoms with Crippen molar-refractivity contribution in [1.82, 2.24) is 5.32 Å². The number of hydrogen-bond acceptors (Lipinski definition) is 3. The van der Waals surface area contributed by atoms with Gasteiger partial charge in [-0.15, -0.1) is 0 Å². The molecule has 27 heavy (non-hydrogen) atoms. The number of nitrogens with zero attached hydrogens (tertiary/aromatic N) is 1. The third-order valence-electron chi connectivity index (χ3n) is 4.19. The van der Waals surface area contributed by atoms with Gasteiger partial charge in [0.1, 0.15) is 5.82 Å². The lowest BCUT2D eigenvalue weighted by Gasteiger charge is -2.19. The van der Waals surface area contributed by atoms with Crippen molar-refractivity contribution in [3.8, 4) is 0 Å². The highest BCUT2D eigenvalue weighted by Crippen LogP contribution is 2.33. The van der Waals surface area contributed by atoms with Crippen LogP contribution in [0.1, 0.15) is 17.2 Å². The molecule has 0 bridgehead atoms. The minimum Gasteiger partial charge on any atom is -0.370 e. The molecule has 2 aromatic carbocycles. The van der Waals surface area contributed by atoms with Gasteiger partial charge in [-0.05, 0) is 35.7 Å². The van der Waals surface area contributed by atoms with E-state index in [4.69, 9.17) is 23.1 Å². The summed E-state index contributed by atoms with van der Waals surface area (Å²) in [6.45, 7) is 0. The van der Waals surface area contributed by atoms with Crippen molar-refractivity contribution in [2.24, 2.45) is 16.5 Å². The number of rotatable bonds is 3. The van der Waals surface area contributed by atoms with Crippen LogP contribution in [0, 0.1) is 5.82 Å². The summed E-state index contributed by atoms with van der Waals surface area (Å²) < 4.78 is 13.5. The van der Waals surface area contributed by atoms with Crippen LogP contribution in [0.2, 0.25) is 5.02 Å². The molecule has 2 amide bonds. The maximum Gasteiger partial charge on any atom is 0.313 e. The first kappa shape index (κ1) is 18.7. The molecule has 0 heterocycles. The molecule has 0 aromatic heterocycles. The Labute approximate surface area is 159 Å². The van der Waals surface area contributed by atoms with Crippen molar-refractivity contribution in [2.75, 3.05) is 5.32 Å². The second kappa shape index (κ2) is 7.63. The molecule has 3 rings (SSSR count). The van der Waals surface area contributed by atoms with E-state index >= 15 is 0 Å². The van der Waals surface area contributed by atoms with Crippen LogP contribution in [0.4, 0.5) is 10.1 Å². The number of nitrogens with one attached hydrogen (secondary N) is 2. The average Bonchev–Trinajstić information content (AvgIpc) is 2.94. The summed E-state index contributed by atoms with van der Waals surface area (Å²) in [6.07, 6.45) is 0.531. The summed E-state index contributed by atoms with van der Waals surface area (Å²) in [7, 11) is 0. The maximum atomic E-state index is 13.5. The molecule has 6 N–H and O–H groups in total. The van der Waals surface area contributed by atoms with Crippen LogP contribution in [-0.4, -0.2) is 23.8 Å². The maximum absolute atomic E-state index is 13.5. The highest BCUT2D eigenvalue weighted by atomic mass is 35.5. The van der Waals surface area contributed by atoms with E-state index in [0.29, 0.717) is 6.42 Å². The number of amides is 2. The number of carbonyl (C=O) groups is 2. The summed E-state index contributed by atoms with van der Waals surface area (Å²) in [5.41, 5.74) is 12.9. The van der Waals surface area contributed by atoms with Crippen LogP contribution >= 0.6 is 11.6 Å². The Morgan fingerprint density at radius 1 is 1.15 bits per heavy atom. The smallest absolute Gasteiger partial charge is 0.313 e. The lowest BCUT2D eigenvalue weighted by molar-refractivity contribution is -0.136. The van der Waals surface area contributed by atoms with Gasteiger partial charge in [0, 0.05) is 5.69 Å². The lowest BCUT2D eigenvalue weighted by Crippen LogP contribution is -2.41. The first-order valence-electron chi connectivity index (χ1n) is 8.08. The molecule has 1 aliphatic carbocycles.